The van der Waals surface area contributed by atoms with Crippen molar-refractivity contribution in [1.82, 2.24) is 20.2 Å². The largest absolute Gasteiger partial charge is 0.340 e. The molecular formula is C19H20Cl2N4. The van der Waals surface area contributed by atoms with Gasteiger partial charge in [0.2, 0.25) is 0 Å². The van der Waals surface area contributed by atoms with Crippen molar-refractivity contribution in [3.8, 4) is 11.3 Å². The molecule has 0 bridgehead atoms. The molecule has 25 heavy (non-hydrogen) atoms. The highest BCUT2D eigenvalue weighted by Gasteiger charge is 2.34. The van der Waals surface area contributed by atoms with E-state index >= 15 is 0 Å². The van der Waals surface area contributed by atoms with Crippen molar-refractivity contribution in [3.63, 3.8) is 0 Å². The van der Waals surface area contributed by atoms with E-state index in [1.54, 1.807) is 6.07 Å². The molecule has 1 aliphatic rings. The van der Waals surface area contributed by atoms with Crippen molar-refractivity contribution in [1.29, 1.82) is 0 Å². The fraction of sp³-hybridized carbons (Fsp3) is 0.421. The summed E-state index contributed by atoms with van der Waals surface area (Å²) in [5.74, 6) is 2.09. The second kappa shape index (κ2) is 6.58. The topological polar surface area (TPSA) is 54.5 Å². The molecule has 1 N–H and O–H groups in total. The van der Waals surface area contributed by atoms with E-state index in [4.69, 9.17) is 28.2 Å². The second-order valence-corrected chi connectivity index (χ2v) is 7.51. The molecule has 3 aromatic rings. The summed E-state index contributed by atoms with van der Waals surface area (Å²) in [7, 11) is 0. The molecular weight excluding hydrogens is 355 g/mol. The standard InChI is InChI=1S/C19H20Cl2N4/c1-3-12(10-5-6-10)16-18-19(23-15(4-2)22-18)17(25-24-16)13-8-7-11(20)9-14(13)21/h7-10,12H,3-6H2,1-2H3,(H,22,23). The molecule has 0 amide bonds. The number of rotatable bonds is 5. The van der Waals surface area contributed by atoms with Crippen LogP contribution in [0.5, 0.6) is 0 Å². The lowest BCUT2D eigenvalue weighted by molar-refractivity contribution is 0.568. The lowest BCUT2D eigenvalue weighted by Crippen LogP contribution is -2.06. The maximum absolute atomic E-state index is 6.41. The summed E-state index contributed by atoms with van der Waals surface area (Å²) in [6.07, 6.45) is 4.45. The first-order chi connectivity index (χ1) is 12.1. The quantitative estimate of drug-likeness (QED) is 0.614. The molecule has 4 rings (SSSR count). The van der Waals surface area contributed by atoms with Crippen LogP contribution in [0, 0.1) is 5.92 Å². The Morgan fingerprint density at radius 1 is 1.20 bits per heavy atom. The first-order valence-corrected chi connectivity index (χ1v) is 9.58. The van der Waals surface area contributed by atoms with Gasteiger partial charge in [-0.1, -0.05) is 37.0 Å². The molecule has 0 aliphatic heterocycles. The minimum Gasteiger partial charge on any atom is -0.340 e. The van der Waals surface area contributed by atoms with Crippen molar-refractivity contribution in [3.05, 3.63) is 39.8 Å². The SMILES string of the molecule is CCc1nc2c(C(CC)C3CC3)nnc(-c3ccc(Cl)cc3Cl)c2[nH]1. The van der Waals surface area contributed by atoms with Crippen LogP contribution in [0.25, 0.3) is 22.3 Å². The summed E-state index contributed by atoms with van der Waals surface area (Å²) < 4.78 is 0. The Balaban J connectivity index is 1.93. The van der Waals surface area contributed by atoms with E-state index in [0.29, 0.717) is 21.9 Å². The third-order valence-electron chi connectivity index (χ3n) is 4.99. The molecule has 6 heteroatoms. The highest BCUT2D eigenvalue weighted by Crippen LogP contribution is 2.45. The molecule has 1 atom stereocenters. The van der Waals surface area contributed by atoms with Crippen molar-refractivity contribution in [2.24, 2.45) is 5.92 Å². The molecule has 1 saturated carbocycles. The number of aryl methyl sites for hydroxylation is 1. The smallest absolute Gasteiger partial charge is 0.120 e. The van der Waals surface area contributed by atoms with E-state index in [0.717, 1.165) is 46.7 Å². The predicted molar refractivity (Wildman–Crippen MR) is 102 cm³/mol. The van der Waals surface area contributed by atoms with Crippen molar-refractivity contribution >= 4 is 34.2 Å². The van der Waals surface area contributed by atoms with E-state index in [1.165, 1.54) is 12.8 Å². The monoisotopic (exact) mass is 374 g/mol. The number of aromatic nitrogens is 4. The highest BCUT2D eigenvalue weighted by molar-refractivity contribution is 6.36. The average molecular weight is 375 g/mol. The minimum atomic E-state index is 0.428. The van der Waals surface area contributed by atoms with Gasteiger partial charge in [-0.25, -0.2) is 4.98 Å². The highest BCUT2D eigenvalue weighted by atomic mass is 35.5. The fourth-order valence-corrected chi connectivity index (χ4v) is 4.01. The van der Waals surface area contributed by atoms with Gasteiger partial charge in [0, 0.05) is 22.9 Å². The van der Waals surface area contributed by atoms with Crippen LogP contribution in [0.15, 0.2) is 18.2 Å². The maximum atomic E-state index is 6.41. The van der Waals surface area contributed by atoms with Gasteiger partial charge in [-0.3, -0.25) is 0 Å². The zero-order valence-electron chi connectivity index (χ0n) is 14.3. The maximum Gasteiger partial charge on any atom is 0.120 e. The lowest BCUT2D eigenvalue weighted by Gasteiger charge is -2.14. The van der Waals surface area contributed by atoms with Crippen molar-refractivity contribution in [2.75, 3.05) is 0 Å². The summed E-state index contributed by atoms with van der Waals surface area (Å²) in [4.78, 5) is 8.24. The summed E-state index contributed by atoms with van der Waals surface area (Å²) >= 11 is 12.4. The molecule has 1 fully saturated rings. The number of nitrogens with zero attached hydrogens (tertiary/aromatic N) is 3. The normalized spacial score (nSPS) is 15.7. The third-order valence-corrected chi connectivity index (χ3v) is 5.54. The van der Waals surface area contributed by atoms with Gasteiger partial charge in [0.1, 0.15) is 17.0 Å². The van der Waals surface area contributed by atoms with Gasteiger partial charge in [0.25, 0.3) is 0 Å². The number of imidazole rings is 1. The first-order valence-electron chi connectivity index (χ1n) is 8.82. The molecule has 1 aromatic carbocycles. The van der Waals surface area contributed by atoms with E-state index < -0.39 is 0 Å². The number of H-pyrrole nitrogens is 1. The summed E-state index contributed by atoms with van der Waals surface area (Å²) in [6, 6.07) is 5.44. The molecule has 130 valence electrons. The van der Waals surface area contributed by atoms with Crippen LogP contribution >= 0.6 is 23.2 Å². The van der Waals surface area contributed by atoms with Gasteiger partial charge in [-0.2, -0.15) is 5.10 Å². The second-order valence-electron chi connectivity index (χ2n) is 6.67. The molecule has 1 unspecified atom stereocenters. The number of hydrogen-bond acceptors (Lipinski definition) is 3. The molecule has 0 saturated heterocycles. The Kier molecular flexibility index (Phi) is 4.42. The van der Waals surface area contributed by atoms with E-state index in [9.17, 15) is 0 Å². The number of hydrogen-bond donors (Lipinski definition) is 1. The van der Waals surface area contributed by atoms with E-state index in [-0.39, 0.29) is 0 Å². The molecule has 0 radical (unpaired) electrons. The van der Waals surface area contributed by atoms with Crippen LogP contribution in [0.1, 0.15) is 50.5 Å². The Bertz CT molecular complexity index is 931. The molecule has 1 aliphatic carbocycles. The number of fused-ring (bicyclic) bond motifs is 1. The van der Waals surface area contributed by atoms with Crippen LogP contribution in [0.3, 0.4) is 0 Å². The molecule has 4 nitrogen and oxygen atoms in total. The van der Waals surface area contributed by atoms with Gasteiger partial charge in [-0.05, 0) is 43.4 Å². The van der Waals surface area contributed by atoms with E-state index in [1.807, 2.05) is 12.1 Å². The predicted octanol–water partition coefficient (Wildman–Crippen LogP) is 5.79. The van der Waals surface area contributed by atoms with Crippen LogP contribution in [0.2, 0.25) is 10.0 Å². The first kappa shape index (κ1) is 16.8. The number of nitrogens with one attached hydrogen (secondary N) is 1. The molecule has 2 heterocycles. The van der Waals surface area contributed by atoms with Crippen LogP contribution in [-0.4, -0.2) is 20.2 Å². The Morgan fingerprint density at radius 3 is 2.64 bits per heavy atom. The zero-order chi connectivity index (χ0) is 17.6. The summed E-state index contributed by atoms with van der Waals surface area (Å²) in [6.45, 7) is 4.30. The van der Waals surface area contributed by atoms with Crippen LogP contribution in [-0.2, 0) is 6.42 Å². The summed E-state index contributed by atoms with van der Waals surface area (Å²) in [5.41, 5.74) is 4.43. The van der Waals surface area contributed by atoms with Crippen molar-refractivity contribution in [2.45, 2.75) is 45.4 Å². The van der Waals surface area contributed by atoms with Gasteiger partial charge in [0.05, 0.1) is 16.2 Å². The van der Waals surface area contributed by atoms with Gasteiger partial charge < -0.3 is 4.98 Å². The molecule has 0 spiro atoms. The van der Waals surface area contributed by atoms with Crippen LogP contribution in [0.4, 0.5) is 0 Å². The van der Waals surface area contributed by atoms with Gasteiger partial charge >= 0.3 is 0 Å². The molecule has 2 aromatic heterocycles. The van der Waals surface area contributed by atoms with Gasteiger partial charge in [0.15, 0.2) is 0 Å². The number of benzene rings is 1. The van der Waals surface area contributed by atoms with Crippen molar-refractivity contribution < 1.29 is 0 Å². The average Bonchev–Trinajstić information content (AvgIpc) is 3.33. The zero-order valence-corrected chi connectivity index (χ0v) is 15.8. The van der Waals surface area contributed by atoms with Crippen LogP contribution < -0.4 is 0 Å². The minimum absolute atomic E-state index is 0.428. The van der Waals surface area contributed by atoms with Gasteiger partial charge in [-0.15, -0.1) is 5.10 Å². The summed E-state index contributed by atoms with van der Waals surface area (Å²) in [5, 5.41) is 10.3. The Labute approximate surface area is 157 Å². The third kappa shape index (κ3) is 3.02. The fourth-order valence-electron chi connectivity index (χ4n) is 3.52. The number of aromatic amines is 1. The number of halogens is 2. The Hall–Kier alpha value is -1.65. The lowest BCUT2D eigenvalue weighted by atomic mass is 9.95. The Morgan fingerprint density at radius 2 is 2.00 bits per heavy atom. The van der Waals surface area contributed by atoms with E-state index in [2.05, 4.69) is 29.0 Å².